The van der Waals surface area contributed by atoms with Crippen molar-refractivity contribution in [1.29, 1.82) is 0 Å². The molecule has 0 radical (unpaired) electrons. The number of amides is 2. The van der Waals surface area contributed by atoms with Crippen LogP contribution < -0.4 is 10.6 Å². The summed E-state index contributed by atoms with van der Waals surface area (Å²) < 4.78 is 0. The molecule has 15 rings (SSSR count). The molecule has 19 nitrogen and oxygen atoms in total. The molecule has 0 spiro atoms. The molecule has 506 valence electrons. The number of nitrogens with one attached hydrogen (secondary N) is 6. The highest BCUT2D eigenvalue weighted by Crippen LogP contribution is 2.36. The fourth-order valence-corrected chi connectivity index (χ4v) is 13.0. The quantitative estimate of drug-likeness (QED) is 0.0454. The number of aliphatic hydroxyl groups excluding tert-OH is 3. The highest BCUT2D eigenvalue weighted by atomic mass is 35.5. The Balaban J connectivity index is 0.000000174. The minimum Gasteiger partial charge on any atom is -0.479 e. The summed E-state index contributed by atoms with van der Waals surface area (Å²) in [4.78, 5) is 72.3. The zero-order chi connectivity index (χ0) is 68.0. The lowest BCUT2D eigenvalue weighted by Gasteiger charge is -2.25. The first-order valence-corrected chi connectivity index (χ1v) is 33.6. The van der Waals surface area contributed by atoms with E-state index in [4.69, 9.17) is 10.2 Å². The van der Waals surface area contributed by atoms with Crippen LogP contribution in [0, 0.1) is 23.7 Å². The molecule has 4 fully saturated rings. The van der Waals surface area contributed by atoms with Crippen molar-refractivity contribution in [2.24, 2.45) is 0 Å². The molecule has 4 aliphatic heterocycles. The monoisotopic (exact) mass is 1350 g/mol. The van der Waals surface area contributed by atoms with Crippen molar-refractivity contribution in [2.75, 3.05) is 26.2 Å². The minimum absolute atomic E-state index is 0. The van der Waals surface area contributed by atoms with E-state index in [9.17, 15) is 24.6 Å². The van der Waals surface area contributed by atoms with Crippen molar-refractivity contribution in [3.63, 3.8) is 0 Å². The lowest BCUT2D eigenvalue weighted by Crippen LogP contribution is -2.35. The van der Waals surface area contributed by atoms with E-state index in [0.29, 0.717) is 53.5 Å². The van der Waals surface area contributed by atoms with Gasteiger partial charge in [-0.15, -0.1) is 12.4 Å². The third kappa shape index (κ3) is 16.6. The van der Waals surface area contributed by atoms with Crippen molar-refractivity contribution >= 4 is 30.2 Å². The van der Waals surface area contributed by atoms with Crippen LogP contribution in [-0.2, 0) is 14.4 Å². The fourth-order valence-electron chi connectivity index (χ4n) is 13.0. The Bertz CT molecular complexity index is 4380. The standard InChI is InChI=1S/C44H40N6O4.C28H28N6.C8H8O3.ClH/c51-39(33-9-3-1-4-10-33)43(53)49-25-7-13-37(49)41-45-27-35(47-41)31-21-17-29(18-22-31)15-16-30-19-23-32(24-20-30)36-28-46-42(48-36)38-14-8-26-50(38)44(54)40(52)34-11-5-2-6-12-34;1-3-23(29-15-1)27-31-17-25(33-27)21-11-7-19(8-12-21)5-6-20-9-13-22(14-10-20)26-18-32-28(34-26)24-4-2-16-30-24;9-7(8(10)11)6-4-2-1-3-5-6;/h1-6,9-12,17-24,27-28,37-40,51-52H,7-8,13-14,25-26H2,(H,45,47)(H,46,48);7-14,17-18,23-24,29-30H,1-4,15-16H2,(H,31,33)(H,32,34);1-5,7,9H,(H,10,11);1H/t37-,38-,39+,40+;23-,24-;7-;/m001./s1. The summed E-state index contributed by atoms with van der Waals surface area (Å²) in [5.74, 6) is 14.7. The van der Waals surface area contributed by atoms with E-state index in [-0.39, 0.29) is 36.3 Å². The van der Waals surface area contributed by atoms with Gasteiger partial charge in [0, 0.05) is 35.3 Å². The number of aromatic nitrogens is 8. The number of imidazole rings is 4. The van der Waals surface area contributed by atoms with Gasteiger partial charge in [-0.1, -0.05) is 163 Å². The van der Waals surface area contributed by atoms with Gasteiger partial charge in [0.05, 0.1) is 71.7 Å². The number of benzene rings is 7. The normalized spacial score (nSPS) is 17.8. The van der Waals surface area contributed by atoms with Crippen molar-refractivity contribution in [1.82, 2.24) is 60.3 Å². The molecule has 4 aliphatic rings. The second-order valence-electron chi connectivity index (χ2n) is 25.0. The van der Waals surface area contributed by atoms with Crippen LogP contribution in [0.15, 0.2) is 213 Å². The van der Waals surface area contributed by atoms with Crippen molar-refractivity contribution in [3.05, 3.63) is 275 Å². The van der Waals surface area contributed by atoms with Crippen LogP contribution >= 0.6 is 12.4 Å². The molecule has 7 aromatic carbocycles. The van der Waals surface area contributed by atoms with Gasteiger partial charge in [0.1, 0.15) is 23.3 Å². The van der Waals surface area contributed by atoms with Crippen LogP contribution in [0.25, 0.3) is 45.0 Å². The summed E-state index contributed by atoms with van der Waals surface area (Å²) in [7, 11) is 0. The predicted molar refractivity (Wildman–Crippen MR) is 384 cm³/mol. The molecule has 2 amide bonds. The number of carboxylic acid groups (broad SMARTS) is 1. The topological polar surface area (TPSA) is 277 Å². The van der Waals surface area contributed by atoms with E-state index < -0.39 is 24.3 Å². The molecule has 7 atom stereocenters. The lowest BCUT2D eigenvalue weighted by molar-refractivity contribution is -0.147. The lowest BCUT2D eigenvalue weighted by atomic mass is 10.1. The highest BCUT2D eigenvalue weighted by molar-refractivity contribution is 5.85. The summed E-state index contributed by atoms with van der Waals surface area (Å²) in [6.45, 7) is 3.29. The Kier molecular flexibility index (Phi) is 22.4. The number of carbonyl (C=O) groups excluding carboxylic acids is 2. The molecule has 10 N–H and O–H groups in total. The second kappa shape index (κ2) is 32.6. The van der Waals surface area contributed by atoms with Crippen molar-refractivity contribution < 1.29 is 34.8 Å². The second-order valence-corrected chi connectivity index (χ2v) is 25.0. The molecule has 0 aliphatic carbocycles. The third-order valence-corrected chi connectivity index (χ3v) is 18.4. The summed E-state index contributed by atoms with van der Waals surface area (Å²) in [6.07, 6.45) is 11.6. The van der Waals surface area contributed by atoms with Gasteiger partial charge in [0.15, 0.2) is 18.3 Å². The van der Waals surface area contributed by atoms with Crippen LogP contribution in [0.1, 0.15) is 156 Å². The largest absolute Gasteiger partial charge is 0.479 e. The van der Waals surface area contributed by atoms with Crippen LogP contribution in [0.3, 0.4) is 0 Å². The van der Waals surface area contributed by atoms with E-state index >= 15 is 0 Å². The van der Waals surface area contributed by atoms with Gasteiger partial charge in [-0.25, -0.2) is 24.7 Å². The van der Waals surface area contributed by atoms with Gasteiger partial charge in [-0.2, -0.15) is 0 Å². The van der Waals surface area contributed by atoms with Crippen LogP contribution in [0.5, 0.6) is 0 Å². The number of hydrogen-bond donors (Lipinski definition) is 10. The fraction of sp³-hybridized carbons (Fsp3) is 0.237. The van der Waals surface area contributed by atoms with Crippen LogP contribution in [0.4, 0.5) is 0 Å². The van der Waals surface area contributed by atoms with Crippen LogP contribution in [0.2, 0.25) is 0 Å². The molecule has 8 heterocycles. The van der Waals surface area contributed by atoms with E-state index in [1.807, 2.05) is 97.3 Å². The number of carboxylic acids is 1. The Morgan fingerprint density at radius 3 is 0.960 bits per heavy atom. The average Bonchev–Trinajstić information content (AvgIpc) is 1.68. The van der Waals surface area contributed by atoms with E-state index in [1.54, 1.807) is 76.8 Å². The number of likely N-dealkylation sites (tertiary alicyclic amines) is 2. The summed E-state index contributed by atoms with van der Waals surface area (Å²) in [5, 5.41) is 45.8. The number of hydrogen-bond acceptors (Lipinski definition) is 12. The number of nitrogens with zero attached hydrogens (tertiary/aromatic N) is 6. The number of rotatable bonds is 14. The average molecular weight is 1350 g/mol. The van der Waals surface area contributed by atoms with E-state index in [0.717, 1.165) is 131 Å². The maximum absolute atomic E-state index is 13.2. The third-order valence-electron chi connectivity index (χ3n) is 18.4. The van der Waals surface area contributed by atoms with Gasteiger partial charge in [0.25, 0.3) is 11.8 Å². The Hall–Kier alpha value is -11.0. The Morgan fingerprint density at radius 2 is 0.670 bits per heavy atom. The number of aliphatic carboxylic acids is 1. The minimum atomic E-state index is -1.41. The van der Waals surface area contributed by atoms with E-state index in [1.165, 1.54) is 12.8 Å². The zero-order valence-corrected chi connectivity index (χ0v) is 55.7. The first kappa shape index (κ1) is 68.9. The number of aromatic amines is 4. The molecular formula is C80H77ClN12O7. The van der Waals surface area contributed by atoms with Gasteiger partial charge in [-0.3, -0.25) is 9.59 Å². The molecule has 0 unspecified atom stereocenters. The molecule has 100 heavy (non-hydrogen) atoms. The summed E-state index contributed by atoms with van der Waals surface area (Å²) in [6, 6.07) is 59.1. The predicted octanol–water partition coefficient (Wildman–Crippen LogP) is 12.6. The van der Waals surface area contributed by atoms with Gasteiger partial charge in [-0.05, 0) is 152 Å². The number of aliphatic hydroxyl groups is 3. The number of halogens is 1. The summed E-state index contributed by atoms with van der Waals surface area (Å²) in [5.41, 5.74) is 13.3. The van der Waals surface area contributed by atoms with Gasteiger partial charge < -0.3 is 60.8 Å². The summed E-state index contributed by atoms with van der Waals surface area (Å²) >= 11 is 0. The van der Waals surface area contributed by atoms with Crippen LogP contribution in [-0.4, -0.2) is 114 Å². The number of H-pyrrole nitrogens is 4. The molecule has 20 heteroatoms. The smallest absolute Gasteiger partial charge is 0.337 e. The van der Waals surface area contributed by atoms with E-state index in [2.05, 4.69) is 123 Å². The molecule has 0 bridgehead atoms. The zero-order valence-electron chi connectivity index (χ0n) is 54.8. The first-order chi connectivity index (χ1) is 48.5. The highest BCUT2D eigenvalue weighted by Gasteiger charge is 2.37. The molecular weight excluding hydrogens is 1280 g/mol. The Labute approximate surface area is 586 Å². The van der Waals surface area contributed by atoms with Crippen molar-refractivity contribution in [2.45, 2.75) is 93.8 Å². The van der Waals surface area contributed by atoms with Gasteiger partial charge in [0.2, 0.25) is 0 Å². The maximum Gasteiger partial charge on any atom is 0.337 e. The molecule has 11 aromatic rings. The Morgan fingerprint density at radius 1 is 0.380 bits per heavy atom. The number of carbonyl (C=O) groups is 3. The maximum atomic E-state index is 13.2. The molecule has 4 aromatic heterocycles. The first-order valence-electron chi connectivity index (χ1n) is 33.6. The SMILES string of the molecule is C(#Cc1ccc(-c2cnc([C@@H]3CCCN3)[nH]2)cc1)c1ccc(-c2cnc([C@@H]3CCCN3)[nH]2)cc1.Cl.O=C(O)[C@H](O)c1ccccc1.O=C([C@H](O)c1ccccc1)N1CCC[C@H]1c1ncc(-c2ccc(C#Cc3ccc(-c4cnc([C@@H]5CCCN5C(=O)[C@H](O)c5ccccc5)[nH]4)cc3)cc2)[nH]1. The molecule has 4 saturated heterocycles. The van der Waals surface area contributed by atoms with Gasteiger partial charge >= 0.3 is 5.97 Å². The van der Waals surface area contributed by atoms with Crippen molar-refractivity contribution in [3.8, 4) is 68.7 Å². The molecule has 0 saturated carbocycles.